The summed E-state index contributed by atoms with van der Waals surface area (Å²) >= 11 is 7.85. The van der Waals surface area contributed by atoms with Gasteiger partial charge in [-0.15, -0.1) is 11.3 Å². The van der Waals surface area contributed by atoms with Crippen LogP contribution in [0, 0.1) is 6.92 Å². The minimum Gasteiger partial charge on any atom is -0.486 e. The molecule has 1 saturated heterocycles. The van der Waals surface area contributed by atoms with Crippen LogP contribution in [-0.2, 0) is 16.1 Å². The van der Waals surface area contributed by atoms with Crippen LogP contribution >= 0.6 is 22.9 Å². The van der Waals surface area contributed by atoms with Crippen molar-refractivity contribution in [1.29, 1.82) is 0 Å². The van der Waals surface area contributed by atoms with Crippen molar-refractivity contribution < 1.29 is 23.5 Å². The van der Waals surface area contributed by atoms with E-state index in [1.54, 1.807) is 20.0 Å². The van der Waals surface area contributed by atoms with Gasteiger partial charge in [-0.1, -0.05) is 11.6 Å². The number of ether oxygens (including phenoxy) is 2. The lowest BCUT2D eigenvalue weighted by atomic mass is 10.0. The number of benzene rings is 1. The first kappa shape index (κ1) is 23.1. The molecule has 2 aromatic heterocycles. The van der Waals surface area contributed by atoms with Crippen LogP contribution in [0.3, 0.4) is 0 Å². The van der Waals surface area contributed by atoms with E-state index in [0.29, 0.717) is 23.6 Å². The van der Waals surface area contributed by atoms with Crippen LogP contribution in [0.4, 0.5) is 9.18 Å². The van der Waals surface area contributed by atoms with Gasteiger partial charge in [0.15, 0.2) is 5.60 Å². The summed E-state index contributed by atoms with van der Waals surface area (Å²) in [6, 6.07) is 7.37. The summed E-state index contributed by atoms with van der Waals surface area (Å²) in [5.41, 5.74) is 2.00. The van der Waals surface area contributed by atoms with Crippen LogP contribution in [0.1, 0.15) is 43.6 Å². The van der Waals surface area contributed by atoms with E-state index in [4.69, 9.17) is 21.1 Å². The number of alkyl halides is 1. The van der Waals surface area contributed by atoms with Crippen molar-refractivity contribution in [3.8, 4) is 16.9 Å². The molecular formula is C25H24ClFN2O4S. The molecule has 178 valence electrons. The number of hydrogen-bond donors (Lipinski definition) is 0. The van der Waals surface area contributed by atoms with Crippen molar-refractivity contribution >= 4 is 45.2 Å². The highest BCUT2D eigenvalue weighted by atomic mass is 35.5. The van der Waals surface area contributed by atoms with Crippen LogP contribution in [0.5, 0.6) is 5.75 Å². The summed E-state index contributed by atoms with van der Waals surface area (Å²) in [6.07, 6.45) is 1.55. The quantitative estimate of drug-likeness (QED) is 0.401. The second-order valence-electron chi connectivity index (χ2n) is 9.26. The maximum absolute atomic E-state index is 14.4. The molecule has 3 heterocycles. The highest BCUT2D eigenvalue weighted by Gasteiger charge is 2.47. The molecule has 2 amide bonds. The number of aromatic nitrogens is 1. The first-order chi connectivity index (χ1) is 16.1. The number of thiophene rings is 1. The number of fused-ring (bicyclic) bond motifs is 1. The number of carbonyl (C=O) groups excluding carboxylic acids is 2. The highest BCUT2D eigenvalue weighted by Crippen LogP contribution is 2.43. The average Bonchev–Trinajstić information content (AvgIpc) is 3.42. The van der Waals surface area contributed by atoms with E-state index < -0.39 is 24.0 Å². The van der Waals surface area contributed by atoms with Crippen molar-refractivity contribution in [2.45, 2.75) is 64.5 Å². The van der Waals surface area contributed by atoms with E-state index in [1.165, 1.54) is 11.3 Å². The normalized spacial score (nSPS) is 22.0. The zero-order chi connectivity index (χ0) is 24.2. The van der Waals surface area contributed by atoms with Gasteiger partial charge in [-0.05, 0) is 69.9 Å². The molecule has 1 aliphatic carbocycles. The Morgan fingerprint density at radius 1 is 1.26 bits per heavy atom. The third kappa shape index (κ3) is 4.03. The summed E-state index contributed by atoms with van der Waals surface area (Å²) in [7, 11) is 0. The molecule has 34 heavy (non-hydrogen) atoms. The molecule has 0 bridgehead atoms. The van der Waals surface area contributed by atoms with Crippen molar-refractivity contribution in [3.05, 3.63) is 45.9 Å². The topological polar surface area (TPSA) is 68.7 Å². The third-order valence-corrected chi connectivity index (χ3v) is 7.63. The fourth-order valence-corrected chi connectivity index (χ4v) is 5.95. The predicted octanol–water partition coefficient (Wildman–Crippen LogP) is 6.45. The summed E-state index contributed by atoms with van der Waals surface area (Å²) in [5, 5.41) is 0.553. The second-order valence-corrected chi connectivity index (χ2v) is 10.8. The van der Waals surface area contributed by atoms with Gasteiger partial charge in [0.05, 0.1) is 16.8 Å². The van der Waals surface area contributed by atoms with Gasteiger partial charge in [0.25, 0.3) is 5.91 Å². The van der Waals surface area contributed by atoms with Crippen LogP contribution in [-0.4, -0.2) is 39.8 Å². The van der Waals surface area contributed by atoms with Gasteiger partial charge < -0.3 is 9.47 Å². The number of nitrogens with zero attached hydrogens (tertiary/aromatic N) is 2. The van der Waals surface area contributed by atoms with Crippen LogP contribution in [0.25, 0.3) is 21.3 Å². The Morgan fingerprint density at radius 2 is 2.06 bits per heavy atom. The van der Waals surface area contributed by atoms with E-state index in [-0.39, 0.29) is 12.5 Å². The molecule has 0 unspecified atom stereocenters. The predicted molar refractivity (Wildman–Crippen MR) is 129 cm³/mol. The minimum absolute atomic E-state index is 0.102. The van der Waals surface area contributed by atoms with E-state index in [9.17, 15) is 14.0 Å². The van der Waals surface area contributed by atoms with E-state index in [0.717, 1.165) is 43.1 Å². The Hall–Kier alpha value is -2.71. The smallest absolute Gasteiger partial charge is 0.418 e. The Balaban J connectivity index is 1.55. The summed E-state index contributed by atoms with van der Waals surface area (Å²) in [5.74, 6) is 0.239. The molecule has 0 spiro atoms. The van der Waals surface area contributed by atoms with Gasteiger partial charge >= 0.3 is 6.09 Å². The number of imide groups is 1. The summed E-state index contributed by atoms with van der Waals surface area (Å²) in [4.78, 5) is 31.2. The molecule has 2 fully saturated rings. The van der Waals surface area contributed by atoms with Gasteiger partial charge in [0, 0.05) is 27.2 Å². The van der Waals surface area contributed by atoms with Gasteiger partial charge in [-0.3, -0.25) is 9.78 Å². The molecule has 5 rings (SSSR count). The zero-order valence-corrected chi connectivity index (χ0v) is 20.6. The number of hydrogen-bond acceptors (Lipinski definition) is 6. The lowest BCUT2D eigenvalue weighted by Crippen LogP contribution is -2.35. The largest absolute Gasteiger partial charge is 0.486 e. The number of carbonyl (C=O) groups is 2. The molecule has 0 N–H and O–H groups in total. The SMILES string of the molecule is Cc1cc(Cl)cc(-c2ccnc3cc(CN4C(=O)OC(C)(C)C4=O)sc23)c1O[C@@H]1CCC[C@@H]1F. The molecule has 1 saturated carbocycles. The van der Waals surface area contributed by atoms with Gasteiger partial charge in [-0.2, -0.15) is 0 Å². The number of halogens is 2. The molecule has 1 aromatic carbocycles. The number of rotatable bonds is 5. The maximum atomic E-state index is 14.4. The van der Waals surface area contributed by atoms with E-state index >= 15 is 0 Å². The summed E-state index contributed by atoms with van der Waals surface area (Å²) in [6.45, 7) is 5.16. The first-order valence-electron chi connectivity index (χ1n) is 11.2. The second kappa shape index (κ2) is 8.50. The minimum atomic E-state index is -1.17. The first-order valence-corrected chi connectivity index (χ1v) is 12.4. The Kier molecular flexibility index (Phi) is 5.76. The molecular weight excluding hydrogens is 479 g/mol. The number of aryl methyl sites for hydroxylation is 1. The molecule has 6 nitrogen and oxygen atoms in total. The molecule has 9 heteroatoms. The average molecular weight is 503 g/mol. The lowest BCUT2D eigenvalue weighted by Gasteiger charge is -2.21. The highest BCUT2D eigenvalue weighted by molar-refractivity contribution is 7.19. The van der Waals surface area contributed by atoms with Crippen molar-refractivity contribution in [3.63, 3.8) is 0 Å². The van der Waals surface area contributed by atoms with Crippen molar-refractivity contribution in [2.75, 3.05) is 0 Å². The standard InChI is InChI=1S/C25H24ClFN2O4S/c1-13-9-14(26)10-17(21(13)32-20-6-4-5-18(20)27)16-7-8-28-19-11-15(34-22(16)19)12-29-23(30)25(2,3)33-24(29)31/h7-11,18,20H,4-6,12H2,1-3H3/t18-,20+/m0/s1. The Bertz CT molecular complexity index is 1310. The van der Waals surface area contributed by atoms with Crippen LogP contribution in [0.15, 0.2) is 30.5 Å². The monoisotopic (exact) mass is 502 g/mol. The Labute approximate surface area is 205 Å². The molecule has 2 aliphatic rings. The van der Waals surface area contributed by atoms with Crippen molar-refractivity contribution in [2.24, 2.45) is 0 Å². The lowest BCUT2D eigenvalue weighted by molar-refractivity contribution is -0.134. The number of pyridine rings is 1. The van der Waals surface area contributed by atoms with Crippen molar-refractivity contribution in [1.82, 2.24) is 9.88 Å². The summed E-state index contributed by atoms with van der Waals surface area (Å²) < 4.78 is 26.6. The van der Waals surface area contributed by atoms with Crippen LogP contribution in [0.2, 0.25) is 5.02 Å². The number of amides is 2. The van der Waals surface area contributed by atoms with E-state index in [2.05, 4.69) is 4.98 Å². The van der Waals surface area contributed by atoms with E-state index in [1.807, 2.05) is 31.2 Å². The third-order valence-electron chi connectivity index (χ3n) is 6.27. The molecule has 0 radical (unpaired) electrons. The molecule has 2 atom stereocenters. The fourth-order valence-electron chi connectivity index (χ4n) is 4.55. The van der Waals surface area contributed by atoms with Gasteiger partial charge in [0.1, 0.15) is 18.0 Å². The van der Waals surface area contributed by atoms with Gasteiger partial charge in [-0.25, -0.2) is 14.1 Å². The maximum Gasteiger partial charge on any atom is 0.418 e. The van der Waals surface area contributed by atoms with Gasteiger partial charge in [0.2, 0.25) is 0 Å². The van der Waals surface area contributed by atoms with Crippen LogP contribution < -0.4 is 4.74 Å². The fraction of sp³-hybridized carbons (Fsp3) is 0.400. The zero-order valence-electron chi connectivity index (χ0n) is 19.1. The number of cyclic esters (lactones) is 1. The Morgan fingerprint density at radius 3 is 2.74 bits per heavy atom. The molecule has 1 aliphatic heterocycles. The molecule has 3 aromatic rings.